The van der Waals surface area contributed by atoms with Gasteiger partial charge in [-0.2, -0.15) is 11.8 Å². The molecule has 0 aromatic heterocycles. The summed E-state index contributed by atoms with van der Waals surface area (Å²) in [6.07, 6.45) is 2.30. The first-order valence-corrected chi connectivity index (χ1v) is 8.43. The molecule has 0 bridgehead atoms. The smallest absolute Gasteiger partial charge is 0.118 e. The summed E-state index contributed by atoms with van der Waals surface area (Å²) in [4.78, 5) is 0. The SMILES string of the molecule is CCNC(CCc1ccc(OC)cc1)CSC(C)(C)C. The molecule has 0 spiro atoms. The summed E-state index contributed by atoms with van der Waals surface area (Å²) in [6.45, 7) is 10.1. The number of hydrogen-bond donors (Lipinski definition) is 1. The molecular formula is C17H29NOS. The van der Waals surface area contributed by atoms with Crippen LogP contribution >= 0.6 is 11.8 Å². The van der Waals surface area contributed by atoms with Crippen molar-refractivity contribution in [2.45, 2.75) is 51.3 Å². The van der Waals surface area contributed by atoms with Gasteiger partial charge in [-0.15, -0.1) is 0 Å². The topological polar surface area (TPSA) is 21.3 Å². The van der Waals surface area contributed by atoms with Crippen molar-refractivity contribution < 1.29 is 4.74 Å². The third-order valence-corrected chi connectivity index (χ3v) is 4.59. The third kappa shape index (κ3) is 7.20. The van der Waals surface area contributed by atoms with Gasteiger partial charge < -0.3 is 10.1 Å². The van der Waals surface area contributed by atoms with Crippen LogP contribution in [0.2, 0.25) is 0 Å². The maximum atomic E-state index is 5.19. The lowest BCUT2D eigenvalue weighted by Crippen LogP contribution is -2.33. The molecule has 0 radical (unpaired) electrons. The van der Waals surface area contributed by atoms with Gasteiger partial charge >= 0.3 is 0 Å². The van der Waals surface area contributed by atoms with Crippen LogP contribution < -0.4 is 10.1 Å². The number of methoxy groups -OCH3 is 1. The van der Waals surface area contributed by atoms with E-state index >= 15 is 0 Å². The number of hydrogen-bond acceptors (Lipinski definition) is 3. The Morgan fingerprint density at radius 2 is 1.85 bits per heavy atom. The Morgan fingerprint density at radius 3 is 2.35 bits per heavy atom. The van der Waals surface area contributed by atoms with Gasteiger partial charge in [0.25, 0.3) is 0 Å². The first-order chi connectivity index (χ1) is 9.44. The van der Waals surface area contributed by atoms with Gasteiger partial charge in [0.05, 0.1) is 7.11 Å². The summed E-state index contributed by atoms with van der Waals surface area (Å²) >= 11 is 2.04. The van der Waals surface area contributed by atoms with Gasteiger partial charge in [-0.1, -0.05) is 39.8 Å². The van der Waals surface area contributed by atoms with E-state index in [0.29, 0.717) is 10.8 Å². The third-order valence-electron chi connectivity index (χ3n) is 3.15. The van der Waals surface area contributed by atoms with Crippen molar-refractivity contribution in [3.8, 4) is 5.75 Å². The molecule has 0 heterocycles. The highest BCUT2D eigenvalue weighted by molar-refractivity contribution is 8.00. The molecule has 20 heavy (non-hydrogen) atoms. The fraction of sp³-hybridized carbons (Fsp3) is 0.647. The number of nitrogens with one attached hydrogen (secondary N) is 1. The van der Waals surface area contributed by atoms with Gasteiger partial charge in [0.2, 0.25) is 0 Å². The quantitative estimate of drug-likeness (QED) is 0.779. The fourth-order valence-electron chi connectivity index (χ4n) is 2.02. The molecule has 0 fully saturated rings. The van der Waals surface area contributed by atoms with E-state index in [0.717, 1.165) is 18.7 Å². The van der Waals surface area contributed by atoms with Crippen molar-refractivity contribution in [3.63, 3.8) is 0 Å². The lowest BCUT2D eigenvalue weighted by molar-refractivity contribution is 0.414. The zero-order valence-corrected chi connectivity index (χ0v) is 14.3. The van der Waals surface area contributed by atoms with Crippen molar-refractivity contribution in [1.29, 1.82) is 0 Å². The molecule has 1 aromatic rings. The van der Waals surface area contributed by atoms with E-state index in [1.54, 1.807) is 7.11 Å². The van der Waals surface area contributed by atoms with Gasteiger partial charge in [0.1, 0.15) is 5.75 Å². The molecule has 1 N–H and O–H groups in total. The summed E-state index contributed by atoms with van der Waals surface area (Å²) in [6, 6.07) is 9.01. The van der Waals surface area contributed by atoms with Crippen molar-refractivity contribution in [3.05, 3.63) is 29.8 Å². The largest absolute Gasteiger partial charge is 0.497 e. The highest BCUT2D eigenvalue weighted by atomic mass is 32.2. The van der Waals surface area contributed by atoms with Gasteiger partial charge in [-0.25, -0.2) is 0 Å². The molecule has 1 rings (SSSR count). The van der Waals surface area contributed by atoms with Gasteiger partial charge in [-0.3, -0.25) is 0 Å². The summed E-state index contributed by atoms with van der Waals surface area (Å²) in [5.74, 6) is 2.10. The van der Waals surface area contributed by atoms with E-state index < -0.39 is 0 Å². The predicted octanol–water partition coefficient (Wildman–Crippen LogP) is 4.14. The van der Waals surface area contributed by atoms with Gasteiger partial charge in [-0.05, 0) is 37.1 Å². The maximum absolute atomic E-state index is 5.19. The lowest BCUT2D eigenvalue weighted by Gasteiger charge is -2.23. The number of ether oxygens (including phenoxy) is 1. The standard InChI is InChI=1S/C17H29NOS/c1-6-18-15(13-20-17(2,3)4)10-7-14-8-11-16(19-5)12-9-14/h8-9,11-12,15,18H,6-7,10,13H2,1-5H3. The Kier molecular flexibility index (Phi) is 7.46. The lowest BCUT2D eigenvalue weighted by atomic mass is 10.1. The van der Waals surface area contributed by atoms with Crippen LogP contribution in [0, 0.1) is 0 Å². The predicted molar refractivity (Wildman–Crippen MR) is 91.0 cm³/mol. The van der Waals surface area contributed by atoms with Crippen LogP contribution in [-0.4, -0.2) is 30.2 Å². The number of rotatable bonds is 8. The average Bonchev–Trinajstić information content (AvgIpc) is 2.41. The summed E-state index contributed by atoms with van der Waals surface area (Å²) in [7, 11) is 1.71. The molecule has 1 aromatic carbocycles. The highest BCUT2D eigenvalue weighted by Gasteiger charge is 2.15. The van der Waals surface area contributed by atoms with Gasteiger partial charge in [0.15, 0.2) is 0 Å². The van der Waals surface area contributed by atoms with Crippen molar-refractivity contribution in [2.24, 2.45) is 0 Å². The normalized spacial score (nSPS) is 13.2. The van der Waals surface area contributed by atoms with Crippen molar-refractivity contribution in [2.75, 3.05) is 19.4 Å². The summed E-state index contributed by atoms with van der Waals surface area (Å²) in [5.41, 5.74) is 1.38. The zero-order valence-electron chi connectivity index (χ0n) is 13.5. The summed E-state index contributed by atoms with van der Waals surface area (Å²) < 4.78 is 5.53. The molecule has 0 aliphatic carbocycles. The number of thioether (sulfide) groups is 1. The molecule has 114 valence electrons. The monoisotopic (exact) mass is 295 g/mol. The average molecular weight is 295 g/mol. The van der Waals surface area contributed by atoms with E-state index in [2.05, 4.69) is 45.1 Å². The fourth-order valence-corrected chi connectivity index (χ4v) is 3.00. The number of aryl methyl sites for hydroxylation is 1. The van der Waals surface area contributed by atoms with Crippen LogP contribution in [0.5, 0.6) is 5.75 Å². The molecular weight excluding hydrogens is 266 g/mol. The molecule has 3 heteroatoms. The Balaban J connectivity index is 2.44. The molecule has 2 nitrogen and oxygen atoms in total. The van der Waals surface area contributed by atoms with E-state index in [4.69, 9.17) is 4.74 Å². The molecule has 0 saturated carbocycles. The Hall–Kier alpha value is -0.670. The van der Waals surface area contributed by atoms with E-state index in [1.165, 1.54) is 17.7 Å². The maximum Gasteiger partial charge on any atom is 0.118 e. The van der Waals surface area contributed by atoms with Crippen LogP contribution in [0.4, 0.5) is 0 Å². The Bertz CT molecular complexity index is 370. The van der Waals surface area contributed by atoms with Crippen molar-refractivity contribution in [1.82, 2.24) is 5.32 Å². The van der Waals surface area contributed by atoms with Gasteiger partial charge in [0, 0.05) is 16.5 Å². The van der Waals surface area contributed by atoms with Crippen molar-refractivity contribution >= 4 is 11.8 Å². The van der Waals surface area contributed by atoms with Crippen LogP contribution in [0.15, 0.2) is 24.3 Å². The molecule has 1 atom stereocenters. The van der Waals surface area contributed by atoms with Crippen LogP contribution in [0.3, 0.4) is 0 Å². The first-order valence-electron chi connectivity index (χ1n) is 7.45. The highest BCUT2D eigenvalue weighted by Crippen LogP contribution is 2.24. The zero-order chi connectivity index (χ0) is 15.0. The molecule has 0 aliphatic rings. The minimum absolute atomic E-state index is 0.341. The van der Waals surface area contributed by atoms with E-state index in [9.17, 15) is 0 Å². The second-order valence-corrected chi connectivity index (χ2v) is 7.91. The number of benzene rings is 1. The summed E-state index contributed by atoms with van der Waals surface area (Å²) in [5, 5.41) is 3.60. The molecule has 1 unspecified atom stereocenters. The second-order valence-electron chi connectivity index (χ2n) is 6.06. The first kappa shape index (κ1) is 17.4. The van der Waals surface area contributed by atoms with Crippen LogP contribution in [-0.2, 0) is 6.42 Å². The Morgan fingerprint density at radius 1 is 1.20 bits per heavy atom. The molecule has 0 saturated heterocycles. The Labute approximate surface area is 128 Å². The molecule has 0 aliphatic heterocycles. The molecule has 0 amide bonds. The van der Waals surface area contributed by atoms with Crippen LogP contribution in [0.25, 0.3) is 0 Å². The second kappa shape index (κ2) is 8.58. The minimum atomic E-state index is 0.341. The van der Waals surface area contributed by atoms with Crippen LogP contribution in [0.1, 0.15) is 39.7 Å². The van der Waals surface area contributed by atoms with E-state index in [1.807, 2.05) is 23.9 Å². The van der Waals surface area contributed by atoms with E-state index in [-0.39, 0.29) is 0 Å². The minimum Gasteiger partial charge on any atom is -0.497 e.